The van der Waals surface area contributed by atoms with Gasteiger partial charge < -0.3 is 14.7 Å². The fourth-order valence-electron chi connectivity index (χ4n) is 3.35. The Morgan fingerprint density at radius 1 is 1.09 bits per heavy atom. The molecule has 3 rings (SSSR count). The second-order valence-corrected chi connectivity index (χ2v) is 10.1. The molecule has 7 heteroatoms. The van der Waals surface area contributed by atoms with Crippen LogP contribution in [0.25, 0.3) is 17.2 Å². The van der Waals surface area contributed by atoms with E-state index < -0.39 is 16.8 Å². The summed E-state index contributed by atoms with van der Waals surface area (Å²) in [4.78, 5) is 11.9. The van der Waals surface area contributed by atoms with Crippen LogP contribution < -0.4 is 0 Å². The number of likely N-dealkylation sites (N-methyl/N-ethyl adjacent to an activating group) is 1. The minimum Gasteiger partial charge on any atom is -0.481 e. The lowest BCUT2D eigenvalue weighted by Gasteiger charge is -2.21. The van der Waals surface area contributed by atoms with Crippen molar-refractivity contribution >= 4 is 34.0 Å². The van der Waals surface area contributed by atoms with Gasteiger partial charge in [0.05, 0.1) is 34.2 Å². The van der Waals surface area contributed by atoms with Crippen molar-refractivity contribution in [3.05, 3.63) is 70.5 Å². The maximum atomic E-state index is 13.7. The molecule has 1 aliphatic carbocycles. The molecule has 1 atom stereocenters. The van der Waals surface area contributed by atoms with Crippen LogP contribution in [0.5, 0.6) is 0 Å². The molecule has 0 saturated heterocycles. The lowest BCUT2D eigenvalue weighted by atomic mass is 10.0. The zero-order chi connectivity index (χ0) is 24.1. The largest absolute Gasteiger partial charge is 0.481 e. The number of fused-ring (bicyclic) bond motifs is 1. The van der Waals surface area contributed by atoms with Gasteiger partial charge in [0.2, 0.25) is 0 Å². The predicted octanol–water partition coefficient (Wildman–Crippen LogP) is 4.05. The van der Waals surface area contributed by atoms with Crippen LogP contribution in [0.3, 0.4) is 0 Å². The SMILES string of the molecule is CC1=C(CC(=O)O)c2cc(F)ccc2/C1=C\c1ccc(S(C)=O)cc1.C[N+](C)(C)CCO. The second kappa shape index (κ2) is 10.8. The van der Waals surface area contributed by atoms with E-state index >= 15 is 0 Å². The molecule has 0 aliphatic heterocycles. The number of benzene rings is 2. The van der Waals surface area contributed by atoms with Gasteiger partial charge >= 0.3 is 5.97 Å². The summed E-state index contributed by atoms with van der Waals surface area (Å²) in [5, 5.41) is 17.6. The first-order valence-electron chi connectivity index (χ1n) is 10.2. The molecular formula is C25H31FNO4S+. The zero-order valence-corrected chi connectivity index (χ0v) is 20.0. The third-order valence-electron chi connectivity index (χ3n) is 5.08. The zero-order valence-electron chi connectivity index (χ0n) is 19.2. The van der Waals surface area contributed by atoms with Crippen LogP contribution in [0.15, 0.2) is 52.9 Å². The van der Waals surface area contributed by atoms with Crippen LogP contribution in [0.2, 0.25) is 0 Å². The Morgan fingerprint density at radius 2 is 1.72 bits per heavy atom. The number of allylic oxidation sites excluding steroid dienone is 2. The second-order valence-electron chi connectivity index (χ2n) is 8.68. The molecule has 0 saturated carbocycles. The molecule has 32 heavy (non-hydrogen) atoms. The van der Waals surface area contributed by atoms with E-state index in [2.05, 4.69) is 21.1 Å². The van der Waals surface area contributed by atoms with E-state index in [1.54, 1.807) is 24.5 Å². The molecule has 0 aromatic heterocycles. The molecule has 5 nitrogen and oxygen atoms in total. The van der Waals surface area contributed by atoms with Gasteiger partial charge in [0.1, 0.15) is 12.4 Å². The fraction of sp³-hybridized carbons (Fsp3) is 0.320. The van der Waals surface area contributed by atoms with Crippen molar-refractivity contribution in [1.29, 1.82) is 0 Å². The van der Waals surface area contributed by atoms with Crippen molar-refractivity contribution < 1.29 is 28.1 Å². The quantitative estimate of drug-likeness (QED) is 0.638. The monoisotopic (exact) mass is 460 g/mol. The van der Waals surface area contributed by atoms with Crippen LogP contribution >= 0.6 is 0 Å². The van der Waals surface area contributed by atoms with E-state index in [4.69, 9.17) is 10.2 Å². The first kappa shape index (κ1) is 25.6. The molecule has 0 fully saturated rings. The number of quaternary nitrogens is 1. The fourth-order valence-corrected chi connectivity index (χ4v) is 3.87. The number of hydrogen-bond donors (Lipinski definition) is 2. The lowest BCUT2D eigenvalue weighted by Crippen LogP contribution is -2.36. The van der Waals surface area contributed by atoms with E-state index in [0.29, 0.717) is 11.1 Å². The van der Waals surface area contributed by atoms with Crippen molar-refractivity contribution in [2.45, 2.75) is 18.2 Å². The van der Waals surface area contributed by atoms with Crippen molar-refractivity contribution in [1.82, 2.24) is 0 Å². The van der Waals surface area contributed by atoms with Gasteiger partial charge in [-0.1, -0.05) is 18.2 Å². The number of aliphatic hydroxyl groups is 1. The maximum absolute atomic E-state index is 13.7. The first-order chi connectivity index (χ1) is 14.9. The molecule has 0 spiro atoms. The highest BCUT2D eigenvalue weighted by molar-refractivity contribution is 7.84. The van der Waals surface area contributed by atoms with E-state index in [0.717, 1.165) is 38.2 Å². The topological polar surface area (TPSA) is 74.6 Å². The van der Waals surface area contributed by atoms with Gasteiger partial charge in [-0.25, -0.2) is 4.39 Å². The summed E-state index contributed by atoms with van der Waals surface area (Å²) < 4.78 is 26.0. The molecule has 0 radical (unpaired) electrons. The third-order valence-corrected chi connectivity index (χ3v) is 6.01. The molecule has 0 heterocycles. The number of aliphatic carboxylic acids is 1. The summed E-state index contributed by atoms with van der Waals surface area (Å²) in [6.07, 6.45) is 3.43. The highest BCUT2D eigenvalue weighted by atomic mass is 32.2. The molecule has 172 valence electrons. The van der Waals surface area contributed by atoms with Crippen LogP contribution in [0.1, 0.15) is 30.0 Å². The Kier molecular flexibility index (Phi) is 8.66. The molecule has 2 aromatic rings. The number of aliphatic hydroxyl groups excluding tert-OH is 1. The highest BCUT2D eigenvalue weighted by Gasteiger charge is 2.25. The smallest absolute Gasteiger partial charge is 0.307 e. The van der Waals surface area contributed by atoms with Gasteiger partial charge in [-0.05, 0) is 70.7 Å². The number of rotatable bonds is 6. The first-order valence-corrected chi connectivity index (χ1v) is 11.8. The molecule has 1 unspecified atom stereocenters. The Labute approximate surface area is 191 Å². The number of hydrogen-bond acceptors (Lipinski definition) is 3. The molecule has 0 amide bonds. The van der Waals surface area contributed by atoms with E-state index in [-0.39, 0.29) is 18.8 Å². The Balaban J connectivity index is 0.000000451. The van der Waals surface area contributed by atoms with Gasteiger partial charge in [-0.3, -0.25) is 9.00 Å². The lowest BCUT2D eigenvalue weighted by molar-refractivity contribution is -0.870. The normalized spacial score (nSPS) is 15.3. The van der Waals surface area contributed by atoms with Gasteiger partial charge in [-0.2, -0.15) is 0 Å². The third kappa shape index (κ3) is 6.95. The van der Waals surface area contributed by atoms with Crippen molar-refractivity contribution in [2.24, 2.45) is 0 Å². The summed E-state index contributed by atoms with van der Waals surface area (Å²) in [6.45, 7) is 2.97. The molecule has 1 aliphatic rings. The molecule has 2 N–H and O–H groups in total. The minimum atomic E-state index is -1.04. The van der Waals surface area contributed by atoms with Crippen LogP contribution in [-0.4, -0.2) is 65.4 Å². The van der Waals surface area contributed by atoms with E-state index in [9.17, 15) is 13.4 Å². The van der Waals surface area contributed by atoms with E-state index in [1.165, 1.54) is 12.1 Å². The van der Waals surface area contributed by atoms with Crippen LogP contribution in [-0.2, 0) is 15.6 Å². The number of carbonyl (C=O) groups is 1. The van der Waals surface area contributed by atoms with Crippen LogP contribution in [0, 0.1) is 5.82 Å². The Morgan fingerprint density at radius 3 is 2.19 bits per heavy atom. The van der Waals surface area contributed by atoms with Gasteiger partial charge in [0.25, 0.3) is 0 Å². The Bertz CT molecular complexity index is 1070. The maximum Gasteiger partial charge on any atom is 0.307 e. The number of halogens is 1. The van der Waals surface area contributed by atoms with Crippen LogP contribution in [0.4, 0.5) is 4.39 Å². The number of carboxylic acid groups (broad SMARTS) is 1. The summed E-state index contributed by atoms with van der Waals surface area (Å²) in [5.74, 6) is -1.33. The summed E-state index contributed by atoms with van der Waals surface area (Å²) in [7, 11) is 5.12. The van der Waals surface area contributed by atoms with Crippen molar-refractivity contribution in [3.63, 3.8) is 0 Å². The number of nitrogens with zero attached hydrogens (tertiary/aromatic N) is 1. The van der Waals surface area contributed by atoms with Gasteiger partial charge in [-0.15, -0.1) is 0 Å². The standard InChI is InChI=1S/C20H17FO3S.C5H14NO/c1-12-17(9-13-3-6-15(7-4-13)25(2)24)16-8-5-14(21)10-19(16)18(12)11-20(22)23;1-6(2,3)4-5-7/h3-10H,11H2,1-2H3,(H,22,23);7H,4-5H2,1-3H3/q;+1/b17-9-;. The van der Waals surface area contributed by atoms with Crippen molar-refractivity contribution in [3.8, 4) is 0 Å². The minimum absolute atomic E-state index is 0.145. The van der Waals surface area contributed by atoms with Crippen molar-refractivity contribution in [2.75, 3.05) is 40.6 Å². The highest BCUT2D eigenvalue weighted by Crippen LogP contribution is 2.43. The average molecular weight is 461 g/mol. The summed E-state index contributed by atoms with van der Waals surface area (Å²) in [5.41, 5.74) is 4.74. The summed E-state index contributed by atoms with van der Waals surface area (Å²) in [6, 6.07) is 11.8. The molecule has 0 bridgehead atoms. The number of carboxylic acids is 1. The molecule has 2 aromatic carbocycles. The van der Waals surface area contributed by atoms with E-state index in [1.807, 2.05) is 25.1 Å². The predicted molar refractivity (Wildman–Crippen MR) is 128 cm³/mol. The molecular weight excluding hydrogens is 429 g/mol. The average Bonchev–Trinajstić information content (AvgIpc) is 2.93. The Hall–Kier alpha value is -2.61. The van der Waals surface area contributed by atoms with Gasteiger partial charge in [0.15, 0.2) is 0 Å². The van der Waals surface area contributed by atoms with Gasteiger partial charge in [0, 0.05) is 22.0 Å². The summed E-state index contributed by atoms with van der Waals surface area (Å²) >= 11 is 0.